The fraction of sp³-hybridized carbons (Fsp3) is 0.833. The molecule has 0 aromatic carbocycles. The van der Waals surface area contributed by atoms with Crippen LogP contribution in [0.2, 0.25) is 0 Å². The number of nitrogens with one attached hydrogen (secondary N) is 1. The van der Waals surface area contributed by atoms with Crippen LogP contribution in [0, 0.1) is 0 Å². The lowest BCUT2D eigenvalue weighted by Gasteiger charge is -2.31. The van der Waals surface area contributed by atoms with Crippen molar-refractivity contribution in [1.29, 1.82) is 0 Å². The summed E-state index contributed by atoms with van der Waals surface area (Å²) in [5.41, 5.74) is -0.552. The number of hydrogen-bond acceptors (Lipinski definition) is 3. The van der Waals surface area contributed by atoms with E-state index < -0.39 is 5.54 Å². The normalized spacial score (nSPS) is 33.9. The molecule has 2 saturated heterocycles. The van der Waals surface area contributed by atoms with Gasteiger partial charge in [-0.3, -0.25) is 9.69 Å². The van der Waals surface area contributed by atoms with Crippen molar-refractivity contribution < 1.29 is 9.59 Å². The van der Waals surface area contributed by atoms with Gasteiger partial charge in [0, 0.05) is 19.1 Å². The van der Waals surface area contributed by atoms with E-state index in [1.165, 1.54) is 4.90 Å². The zero-order valence-corrected chi connectivity index (χ0v) is 10.2. The van der Waals surface area contributed by atoms with E-state index in [1.54, 1.807) is 0 Å². The molecule has 1 atom stereocenters. The van der Waals surface area contributed by atoms with Crippen LogP contribution in [0.3, 0.4) is 0 Å². The summed E-state index contributed by atoms with van der Waals surface area (Å²) in [6.45, 7) is 4.28. The molecule has 2 aliphatic heterocycles. The first kappa shape index (κ1) is 11.0. The van der Waals surface area contributed by atoms with Gasteiger partial charge in [-0.2, -0.15) is 0 Å². The molecule has 1 N–H and O–H groups in total. The monoisotopic (exact) mass is 237 g/mol. The van der Waals surface area contributed by atoms with Crippen LogP contribution in [0.4, 0.5) is 4.79 Å². The molecule has 0 aromatic rings. The molecule has 0 radical (unpaired) electrons. The molecule has 5 nitrogen and oxygen atoms in total. The quantitative estimate of drug-likeness (QED) is 0.714. The Morgan fingerprint density at radius 2 is 2.12 bits per heavy atom. The highest BCUT2D eigenvalue weighted by atomic mass is 16.2. The van der Waals surface area contributed by atoms with Gasteiger partial charge in [0.25, 0.3) is 5.91 Å². The minimum Gasteiger partial charge on any atom is -0.315 e. The number of fused-ring (bicyclic) bond motifs is 1. The molecule has 3 aliphatic rings. The van der Waals surface area contributed by atoms with E-state index >= 15 is 0 Å². The number of carbonyl (C=O) groups excluding carboxylic acids is 2. The summed E-state index contributed by atoms with van der Waals surface area (Å²) in [5, 5.41) is 3.27. The lowest BCUT2D eigenvalue weighted by molar-refractivity contribution is -0.133. The molecule has 3 rings (SSSR count). The average Bonchev–Trinajstić information content (AvgIpc) is 3.12. The van der Waals surface area contributed by atoms with Crippen molar-refractivity contribution in [3.63, 3.8) is 0 Å². The molecular formula is C12H19N3O2. The Morgan fingerprint density at radius 3 is 2.76 bits per heavy atom. The van der Waals surface area contributed by atoms with E-state index in [-0.39, 0.29) is 18.0 Å². The molecule has 0 spiro atoms. The first-order valence-electron chi connectivity index (χ1n) is 6.56. The smallest absolute Gasteiger partial charge is 0.315 e. The van der Waals surface area contributed by atoms with Crippen molar-refractivity contribution in [3.05, 3.63) is 0 Å². The van der Waals surface area contributed by atoms with E-state index in [0.717, 1.165) is 38.8 Å². The SMILES string of the molecule is CCC12CCNCCN1C(=O)N(C1CC1)C2=O. The minimum atomic E-state index is -0.552. The third kappa shape index (κ3) is 1.41. The van der Waals surface area contributed by atoms with Gasteiger partial charge in [0.15, 0.2) is 0 Å². The highest BCUT2D eigenvalue weighted by Crippen LogP contribution is 2.40. The lowest BCUT2D eigenvalue weighted by Crippen LogP contribution is -2.49. The molecule has 0 aromatic heterocycles. The summed E-state index contributed by atoms with van der Waals surface area (Å²) in [5.74, 6) is 0.0520. The largest absolute Gasteiger partial charge is 0.327 e. The van der Waals surface area contributed by atoms with Crippen LogP contribution < -0.4 is 5.32 Å². The lowest BCUT2D eigenvalue weighted by atomic mass is 9.90. The van der Waals surface area contributed by atoms with Gasteiger partial charge < -0.3 is 10.2 Å². The summed E-state index contributed by atoms with van der Waals surface area (Å²) in [7, 11) is 0. The predicted octanol–water partition coefficient (Wildman–Crippen LogP) is 0.555. The molecule has 1 unspecified atom stereocenters. The summed E-state index contributed by atoms with van der Waals surface area (Å²) in [6, 6.07) is 0.140. The molecule has 1 saturated carbocycles. The highest BCUT2D eigenvalue weighted by molar-refractivity contribution is 6.07. The number of amides is 3. The number of imide groups is 1. The summed E-state index contributed by atoms with van der Waals surface area (Å²) >= 11 is 0. The molecule has 1 aliphatic carbocycles. The first-order valence-corrected chi connectivity index (χ1v) is 6.56. The Balaban J connectivity index is 1.98. The van der Waals surface area contributed by atoms with E-state index in [4.69, 9.17) is 0 Å². The Hall–Kier alpha value is -1.10. The van der Waals surface area contributed by atoms with Gasteiger partial charge in [0.05, 0.1) is 0 Å². The highest BCUT2D eigenvalue weighted by Gasteiger charge is 2.59. The third-order valence-corrected chi connectivity index (χ3v) is 4.30. The zero-order valence-electron chi connectivity index (χ0n) is 10.2. The van der Waals surface area contributed by atoms with Gasteiger partial charge in [-0.1, -0.05) is 6.92 Å². The topological polar surface area (TPSA) is 52.7 Å². The molecule has 94 valence electrons. The van der Waals surface area contributed by atoms with Crippen LogP contribution in [-0.2, 0) is 4.79 Å². The molecule has 0 bridgehead atoms. The Kier molecular flexibility index (Phi) is 2.40. The zero-order chi connectivity index (χ0) is 12.0. The summed E-state index contributed by atoms with van der Waals surface area (Å²) < 4.78 is 0. The number of urea groups is 1. The van der Waals surface area contributed by atoms with E-state index in [2.05, 4.69) is 5.32 Å². The fourth-order valence-electron chi connectivity index (χ4n) is 3.08. The molecule has 3 amide bonds. The summed E-state index contributed by atoms with van der Waals surface area (Å²) in [6.07, 6.45) is 3.45. The second-order valence-electron chi connectivity index (χ2n) is 5.23. The molecule has 2 heterocycles. The van der Waals surface area contributed by atoms with Crippen LogP contribution >= 0.6 is 0 Å². The van der Waals surface area contributed by atoms with Gasteiger partial charge >= 0.3 is 6.03 Å². The summed E-state index contributed by atoms with van der Waals surface area (Å²) in [4.78, 5) is 28.3. The number of rotatable bonds is 2. The molecule has 5 heteroatoms. The fourth-order valence-corrected chi connectivity index (χ4v) is 3.08. The average molecular weight is 237 g/mol. The second kappa shape index (κ2) is 3.70. The first-order chi connectivity index (χ1) is 8.20. The maximum Gasteiger partial charge on any atom is 0.327 e. The van der Waals surface area contributed by atoms with Crippen LogP contribution in [0.1, 0.15) is 32.6 Å². The van der Waals surface area contributed by atoms with Crippen molar-refractivity contribution in [1.82, 2.24) is 15.1 Å². The maximum absolute atomic E-state index is 12.6. The third-order valence-electron chi connectivity index (χ3n) is 4.30. The Labute approximate surface area is 101 Å². The van der Waals surface area contributed by atoms with Gasteiger partial charge in [0.1, 0.15) is 5.54 Å². The van der Waals surface area contributed by atoms with Crippen molar-refractivity contribution in [2.75, 3.05) is 19.6 Å². The van der Waals surface area contributed by atoms with Crippen molar-refractivity contribution >= 4 is 11.9 Å². The van der Waals surface area contributed by atoms with Gasteiger partial charge in [0.2, 0.25) is 0 Å². The van der Waals surface area contributed by atoms with Crippen molar-refractivity contribution in [2.45, 2.75) is 44.2 Å². The van der Waals surface area contributed by atoms with Gasteiger partial charge in [-0.05, 0) is 32.2 Å². The predicted molar refractivity (Wildman–Crippen MR) is 62.5 cm³/mol. The number of hydrogen-bond donors (Lipinski definition) is 1. The maximum atomic E-state index is 12.6. The number of nitrogens with zero attached hydrogens (tertiary/aromatic N) is 2. The van der Waals surface area contributed by atoms with E-state index in [9.17, 15) is 9.59 Å². The minimum absolute atomic E-state index is 0.0520. The second-order valence-corrected chi connectivity index (χ2v) is 5.23. The number of carbonyl (C=O) groups is 2. The van der Waals surface area contributed by atoms with Crippen LogP contribution in [-0.4, -0.2) is 53.0 Å². The molecule has 17 heavy (non-hydrogen) atoms. The Morgan fingerprint density at radius 1 is 1.35 bits per heavy atom. The molecule has 3 fully saturated rings. The van der Waals surface area contributed by atoms with Crippen LogP contribution in [0.15, 0.2) is 0 Å². The van der Waals surface area contributed by atoms with Gasteiger partial charge in [-0.15, -0.1) is 0 Å². The van der Waals surface area contributed by atoms with Crippen LogP contribution in [0.25, 0.3) is 0 Å². The Bertz CT molecular complexity index is 367. The van der Waals surface area contributed by atoms with E-state index in [0.29, 0.717) is 6.54 Å². The standard InChI is InChI=1S/C12H19N3O2/c1-2-12-5-6-13-7-8-14(12)11(17)15(10(12)16)9-3-4-9/h9,13H,2-8H2,1H3. The molecular weight excluding hydrogens is 218 g/mol. The van der Waals surface area contributed by atoms with Crippen molar-refractivity contribution in [2.24, 2.45) is 0 Å². The van der Waals surface area contributed by atoms with Crippen molar-refractivity contribution in [3.8, 4) is 0 Å². The van der Waals surface area contributed by atoms with E-state index in [1.807, 2.05) is 11.8 Å². The van der Waals surface area contributed by atoms with Crippen LogP contribution in [0.5, 0.6) is 0 Å². The van der Waals surface area contributed by atoms with Gasteiger partial charge in [-0.25, -0.2) is 4.79 Å².